The fourth-order valence-electron chi connectivity index (χ4n) is 2.35. The van der Waals surface area contributed by atoms with Crippen molar-refractivity contribution in [2.75, 3.05) is 0 Å². The van der Waals surface area contributed by atoms with Gasteiger partial charge in [-0.25, -0.2) is 9.97 Å². The van der Waals surface area contributed by atoms with E-state index in [1.165, 1.54) is 0 Å². The lowest BCUT2D eigenvalue weighted by Crippen LogP contribution is -1.99. The summed E-state index contributed by atoms with van der Waals surface area (Å²) in [6.07, 6.45) is 5.86. The van der Waals surface area contributed by atoms with Gasteiger partial charge in [0.1, 0.15) is 0 Å². The quantitative estimate of drug-likeness (QED) is 0.578. The molecule has 4 aromatic rings. The summed E-state index contributed by atoms with van der Waals surface area (Å²) in [5, 5.41) is 12.6. The molecule has 0 bridgehead atoms. The van der Waals surface area contributed by atoms with Crippen LogP contribution >= 0.6 is 0 Å². The van der Waals surface area contributed by atoms with Crippen LogP contribution in [0, 0.1) is 0 Å². The summed E-state index contributed by atoms with van der Waals surface area (Å²) >= 11 is 0. The maximum atomic E-state index is 4.28. The molecule has 0 radical (unpaired) electrons. The first-order chi connectivity index (χ1) is 10.9. The van der Waals surface area contributed by atoms with Gasteiger partial charge < -0.3 is 0 Å². The lowest BCUT2D eigenvalue weighted by molar-refractivity contribution is 0.838. The van der Waals surface area contributed by atoms with Crippen LogP contribution in [0.1, 0.15) is 11.4 Å². The van der Waals surface area contributed by atoms with Crippen LogP contribution in [-0.2, 0) is 6.42 Å². The number of benzene rings is 1. The van der Waals surface area contributed by atoms with Crippen molar-refractivity contribution >= 4 is 5.65 Å². The Hall–Kier alpha value is -3.15. The summed E-state index contributed by atoms with van der Waals surface area (Å²) in [4.78, 5) is 8.56. The smallest absolute Gasteiger partial charge is 0.177 e. The highest BCUT2D eigenvalue weighted by Crippen LogP contribution is 2.17. The Morgan fingerprint density at radius 1 is 0.864 bits per heavy atom. The molecule has 106 valence electrons. The molecule has 0 N–H and O–H groups in total. The van der Waals surface area contributed by atoms with E-state index in [1.54, 1.807) is 29.2 Å². The van der Waals surface area contributed by atoms with E-state index in [1.807, 2.05) is 24.3 Å². The molecule has 0 aliphatic rings. The Kier molecular flexibility index (Phi) is 3.05. The molecule has 0 unspecified atom stereocenters. The molecular weight excluding hydrogens is 276 g/mol. The van der Waals surface area contributed by atoms with Crippen molar-refractivity contribution in [2.45, 2.75) is 6.42 Å². The first-order valence-corrected chi connectivity index (χ1v) is 6.92. The fraction of sp³-hybridized carbons (Fsp3) is 0.0625. The zero-order chi connectivity index (χ0) is 14.8. The zero-order valence-electron chi connectivity index (χ0n) is 11.7. The van der Waals surface area contributed by atoms with Crippen molar-refractivity contribution in [2.24, 2.45) is 0 Å². The third kappa shape index (κ3) is 2.31. The maximum absolute atomic E-state index is 4.28. The van der Waals surface area contributed by atoms with Crippen molar-refractivity contribution < 1.29 is 0 Å². The van der Waals surface area contributed by atoms with Gasteiger partial charge in [0, 0.05) is 30.6 Å². The number of aromatic nitrogens is 6. The van der Waals surface area contributed by atoms with Gasteiger partial charge in [0.15, 0.2) is 17.3 Å². The van der Waals surface area contributed by atoms with Crippen molar-refractivity contribution in [3.63, 3.8) is 0 Å². The highest BCUT2D eigenvalue weighted by Gasteiger charge is 2.08. The minimum atomic E-state index is 0.652. The van der Waals surface area contributed by atoms with Crippen LogP contribution in [-0.4, -0.2) is 29.8 Å². The SMILES string of the molecule is c1cnc(-c2cccc(Cc3nnc4cccnn34)c2)nc1. The third-order valence-electron chi connectivity index (χ3n) is 3.36. The van der Waals surface area contributed by atoms with E-state index in [0.717, 1.165) is 22.6 Å². The lowest BCUT2D eigenvalue weighted by atomic mass is 10.1. The minimum absolute atomic E-state index is 0.652. The average Bonchev–Trinajstić information content (AvgIpc) is 2.99. The van der Waals surface area contributed by atoms with Crippen molar-refractivity contribution in [3.8, 4) is 11.4 Å². The summed E-state index contributed by atoms with van der Waals surface area (Å²) in [5.41, 5.74) is 2.85. The third-order valence-corrected chi connectivity index (χ3v) is 3.36. The largest absolute Gasteiger partial charge is 0.237 e. The van der Waals surface area contributed by atoms with Gasteiger partial charge in [0.25, 0.3) is 0 Å². The Labute approximate surface area is 126 Å². The zero-order valence-corrected chi connectivity index (χ0v) is 11.7. The predicted molar refractivity (Wildman–Crippen MR) is 81.1 cm³/mol. The molecule has 0 amide bonds. The standard InChI is InChI=1S/C16H12N6/c1-4-12(10-13(5-1)16-17-7-3-8-18-16)11-15-21-20-14-6-2-9-19-22(14)15/h1-10H,11H2. The Morgan fingerprint density at radius 3 is 2.68 bits per heavy atom. The van der Waals surface area contributed by atoms with Crippen LogP contribution in [0.4, 0.5) is 0 Å². The van der Waals surface area contributed by atoms with Crippen LogP contribution in [0.3, 0.4) is 0 Å². The van der Waals surface area contributed by atoms with Crippen molar-refractivity contribution in [1.82, 2.24) is 29.8 Å². The van der Waals surface area contributed by atoms with Gasteiger partial charge in [-0.1, -0.05) is 18.2 Å². The van der Waals surface area contributed by atoms with Crippen LogP contribution in [0.25, 0.3) is 17.0 Å². The topological polar surface area (TPSA) is 68.9 Å². The van der Waals surface area contributed by atoms with Crippen LogP contribution in [0.2, 0.25) is 0 Å². The Balaban J connectivity index is 1.69. The second kappa shape index (κ2) is 5.33. The van der Waals surface area contributed by atoms with Crippen LogP contribution in [0.15, 0.2) is 61.1 Å². The molecule has 3 aromatic heterocycles. The first-order valence-electron chi connectivity index (χ1n) is 6.92. The van der Waals surface area contributed by atoms with Crippen molar-refractivity contribution in [1.29, 1.82) is 0 Å². The van der Waals surface area contributed by atoms with E-state index in [2.05, 4.69) is 37.4 Å². The number of nitrogens with zero attached hydrogens (tertiary/aromatic N) is 6. The van der Waals surface area contributed by atoms with Crippen molar-refractivity contribution in [3.05, 3.63) is 72.4 Å². The summed E-state index contributed by atoms with van der Waals surface area (Å²) in [6, 6.07) is 13.7. The molecule has 0 saturated heterocycles. The number of hydrogen-bond donors (Lipinski definition) is 0. The summed E-state index contributed by atoms with van der Waals surface area (Å²) in [7, 11) is 0. The summed E-state index contributed by atoms with van der Waals surface area (Å²) in [5.74, 6) is 1.52. The molecule has 0 saturated carbocycles. The second-order valence-electron chi connectivity index (χ2n) is 4.86. The molecule has 1 aromatic carbocycles. The number of hydrogen-bond acceptors (Lipinski definition) is 5. The molecule has 6 nitrogen and oxygen atoms in total. The Bertz CT molecular complexity index is 916. The summed E-state index contributed by atoms with van der Waals surface area (Å²) < 4.78 is 1.76. The number of fused-ring (bicyclic) bond motifs is 1. The second-order valence-corrected chi connectivity index (χ2v) is 4.86. The van der Waals surface area contributed by atoms with E-state index in [0.29, 0.717) is 12.2 Å². The van der Waals surface area contributed by atoms with E-state index in [-0.39, 0.29) is 0 Å². The van der Waals surface area contributed by atoms with E-state index in [9.17, 15) is 0 Å². The molecule has 4 rings (SSSR count). The maximum Gasteiger partial charge on any atom is 0.177 e. The van der Waals surface area contributed by atoms with Crippen LogP contribution in [0.5, 0.6) is 0 Å². The summed E-state index contributed by atoms with van der Waals surface area (Å²) in [6.45, 7) is 0. The van der Waals surface area contributed by atoms with Gasteiger partial charge in [-0.3, -0.25) is 0 Å². The molecule has 22 heavy (non-hydrogen) atoms. The molecule has 3 heterocycles. The normalized spacial score (nSPS) is 10.9. The monoisotopic (exact) mass is 288 g/mol. The molecule has 0 aliphatic carbocycles. The molecular formula is C16H12N6. The Morgan fingerprint density at radius 2 is 1.77 bits per heavy atom. The van der Waals surface area contributed by atoms with E-state index in [4.69, 9.17) is 0 Å². The van der Waals surface area contributed by atoms with E-state index < -0.39 is 0 Å². The van der Waals surface area contributed by atoms with Gasteiger partial charge in [-0.2, -0.15) is 9.61 Å². The van der Waals surface area contributed by atoms with Gasteiger partial charge in [0.05, 0.1) is 0 Å². The average molecular weight is 288 g/mol. The molecule has 0 spiro atoms. The first kappa shape index (κ1) is 12.6. The van der Waals surface area contributed by atoms with Gasteiger partial charge in [-0.05, 0) is 29.8 Å². The minimum Gasteiger partial charge on any atom is -0.237 e. The lowest BCUT2D eigenvalue weighted by Gasteiger charge is -2.03. The van der Waals surface area contributed by atoms with Gasteiger partial charge in [0.2, 0.25) is 0 Å². The van der Waals surface area contributed by atoms with Crippen LogP contribution < -0.4 is 0 Å². The fourth-order valence-corrected chi connectivity index (χ4v) is 2.35. The highest BCUT2D eigenvalue weighted by atomic mass is 15.4. The van der Waals surface area contributed by atoms with Gasteiger partial charge >= 0.3 is 0 Å². The van der Waals surface area contributed by atoms with Gasteiger partial charge in [-0.15, -0.1) is 10.2 Å². The highest BCUT2D eigenvalue weighted by molar-refractivity contribution is 5.55. The van der Waals surface area contributed by atoms with E-state index >= 15 is 0 Å². The predicted octanol–water partition coefficient (Wildman–Crippen LogP) is 2.17. The number of rotatable bonds is 3. The molecule has 0 fully saturated rings. The molecule has 0 atom stereocenters. The molecule has 0 aliphatic heterocycles. The molecule has 6 heteroatoms.